The van der Waals surface area contributed by atoms with Crippen LogP contribution in [0, 0.1) is 0 Å². The highest BCUT2D eigenvalue weighted by molar-refractivity contribution is 7.14. The Labute approximate surface area is 152 Å². The Morgan fingerprint density at radius 2 is 1.88 bits per heavy atom. The van der Waals surface area contributed by atoms with Crippen molar-refractivity contribution < 1.29 is 4.79 Å². The number of carbonyl (C=O) groups excluding carboxylic acids is 1. The molecule has 0 saturated carbocycles. The monoisotopic (exact) mass is 363 g/mol. The molecule has 0 aliphatic carbocycles. The molecule has 0 unspecified atom stereocenters. The number of pyridine rings is 1. The standard InChI is InChI=1S/C17H13N7OS/c25-16(13-11-24(23-20-13)14-8-4-5-9-18-14)19-10-15-21-22-17(26-15)12-6-2-1-3-7-12/h1-9,11H,10H2,(H,19,25). The molecule has 8 nitrogen and oxygen atoms in total. The third-order valence-corrected chi connectivity index (χ3v) is 4.47. The SMILES string of the molecule is O=C(NCc1nnc(-c2ccccc2)s1)c1cn(-c2ccccn2)nn1. The predicted molar refractivity (Wildman–Crippen MR) is 95.7 cm³/mol. The third-order valence-electron chi connectivity index (χ3n) is 3.50. The first-order chi connectivity index (χ1) is 12.8. The molecular weight excluding hydrogens is 350 g/mol. The van der Waals surface area contributed by atoms with Crippen molar-refractivity contribution in [1.29, 1.82) is 0 Å². The third kappa shape index (κ3) is 3.47. The van der Waals surface area contributed by atoms with E-state index in [0.29, 0.717) is 10.8 Å². The van der Waals surface area contributed by atoms with Gasteiger partial charge in [-0.2, -0.15) is 0 Å². The molecule has 0 fully saturated rings. The van der Waals surface area contributed by atoms with Crippen LogP contribution in [-0.4, -0.2) is 36.1 Å². The molecule has 3 aromatic heterocycles. The van der Waals surface area contributed by atoms with Crippen molar-refractivity contribution in [3.63, 3.8) is 0 Å². The number of amides is 1. The zero-order valence-corrected chi connectivity index (χ0v) is 14.3. The average Bonchev–Trinajstić information content (AvgIpc) is 3.37. The largest absolute Gasteiger partial charge is 0.344 e. The first kappa shape index (κ1) is 16.0. The van der Waals surface area contributed by atoms with Gasteiger partial charge < -0.3 is 5.32 Å². The van der Waals surface area contributed by atoms with Crippen molar-refractivity contribution in [2.24, 2.45) is 0 Å². The second-order valence-corrected chi connectivity index (χ2v) is 6.35. The Kier molecular flexibility index (Phi) is 4.44. The topological polar surface area (TPSA) is 98.5 Å². The van der Waals surface area contributed by atoms with Crippen LogP contribution in [0.1, 0.15) is 15.5 Å². The molecule has 0 atom stereocenters. The maximum absolute atomic E-state index is 12.2. The van der Waals surface area contributed by atoms with Crippen LogP contribution in [-0.2, 0) is 6.54 Å². The lowest BCUT2D eigenvalue weighted by Gasteiger charge is -1.98. The van der Waals surface area contributed by atoms with Crippen LogP contribution in [0.4, 0.5) is 0 Å². The lowest BCUT2D eigenvalue weighted by atomic mass is 10.2. The normalized spacial score (nSPS) is 10.6. The summed E-state index contributed by atoms with van der Waals surface area (Å²) in [6.45, 7) is 0.278. The highest BCUT2D eigenvalue weighted by Gasteiger charge is 2.13. The first-order valence-corrected chi connectivity index (χ1v) is 8.61. The fourth-order valence-electron chi connectivity index (χ4n) is 2.24. The number of nitrogens with zero attached hydrogens (tertiary/aromatic N) is 6. The highest BCUT2D eigenvalue weighted by atomic mass is 32.1. The number of hydrogen-bond donors (Lipinski definition) is 1. The van der Waals surface area contributed by atoms with Crippen molar-refractivity contribution in [2.75, 3.05) is 0 Å². The summed E-state index contributed by atoms with van der Waals surface area (Å²) in [7, 11) is 0. The van der Waals surface area contributed by atoms with Crippen molar-refractivity contribution in [3.05, 3.63) is 71.6 Å². The number of benzene rings is 1. The summed E-state index contributed by atoms with van der Waals surface area (Å²) < 4.78 is 1.45. The quantitative estimate of drug-likeness (QED) is 0.583. The summed E-state index contributed by atoms with van der Waals surface area (Å²) in [5.41, 5.74) is 1.21. The molecule has 26 heavy (non-hydrogen) atoms. The van der Waals surface area contributed by atoms with E-state index in [1.807, 2.05) is 36.4 Å². The minimum absolute atomic E-state index is 0.212. The van der Waals surface area contributed by atoms with Crippen LogP contribution in [0.25, 0.3) is 16.4 Å². The molecule has 0 aliphatic rings. The van der Waals surface area contributed by atoms with Gasteiger partial charge >= 0.3 is 0 Å². The Balaban J connectivity index is 1.40. The van der Waals surface area contributed by atoms with E-state index in [-0.39, 0.29) is 18.1 Å². The minimum atomic E-state index is -0.330. The van der Waals surface area contributed by atoms with Gasteiger partial charge in [0, 0.05) is 11.8 Å². The summed E-state index contributed by atoms with van der Waals surface area (Å²) in [6.07, 6.45) is 3.18. The molecule has 1 amide bonds. The average molecular weight is 363 g/mol. The van der Waals surface area contributed by atoms with Crippen molar-refractivity contribution in [1.82, 2.24) is 35.5 Å². The molecule has 1 N–H and O–H groups in total. The summed E-state index contributed by atoms with van der Waals surface area (Å²) in [4.78, 5) is 16.4. The number of rotatable bonds is 5. The Bertz CT molecular complexity index is 1010. The number of hydrogen-bond acceptors (Lipinski definition) is 7. The zero-order valence-electron chi connectivity index (χ0n) is 13.5. The van der Waals surface area contributed by atoms with Crippen LogP contribution in [0.15, 0.2) is 60.9 Å². The van der Waals surface area contributed by atoms with Gasteiger partial charge in [0.05, 0.1) is 12.7 Å². The summed E-state index contributed by atoms with van der Waals surface area (Å²) in [6, 6.07) is 15.2. The van der Waals surface area contributed by atoms with Gasteiger partial charge in [-0.25, -0.2) is 9.67 Å². The molecule has 0 radical (unpaired) electrons. The van der Waals surface area contributed by atoms with E-state index < -0.39 is 0 Å². The molecule has 3 heterocycles. The summed E-state index contributed by atoms with van der Waals surface area (Å²) >= 11 is 1.44. The van der Waals surface area contributed by atoms with Gasteiger partial charge in [-0.15, -0.1) is 15.3 Å². The molecule has 0 saturated heterocycles. The number of nitrogens with one attached hydrogen (secondary N) is 1. The van der Waals surface area contributed by atoms with E-state index in [4.69, 9.17) is 0 Å². The lowest BCUT2D eigenvalue weighted by Crippen LogP contribution is -2.23. The van der Waals surface area contributed by atoms with E-state index in [0.717, 1.165) is 10.6 Å². The Morgan fingerprint density at radius 1 is 1.04 bits per heavy atom. The van der Waals surface area contributed by atoms with E-state index >= 15 is 0 Å². The molecule has 4 rings (SSSR count). The van der Waals surface area contributed by atoms with Gasteiger partial charge in [0.15, 0.2) is 11.5 Å². The van der Waals surface area contributed by atoms with Gasteiger partial charge in [-0.3, -0.25) is 4.79 Å². The van der Waals surface area contributed by atoms with Gasteiger partial charge in [0.25, 0.3) is 5.91 Å². The molecular formula is C17H13N7OS. The molecule has 0 aliphatic heterocycles. The molecule has 1 aromatic carbocycles. The van der Waals surface area contributed by atoms with Crippen molar-refractivity contribution in [3.8, 4) is 16.4 Å². The lowest BCUT2D eigenvalue weighted by molar-refractivity contribution is 0.0945. The fourth-order valence-corrected chi connectivity index (χ4v) is 3.02. The summed E-state index contributed by atoms with van der Waals surface area (Å²) in [5, 5.41) is 20.4. The molecule has 0 spiro atoms. The summed E-state index contributed by atoms with van der Waals surface area (Å²) in [5.74, 6) is 0.263. The molecule has 9 heteroatoms. The number of carbonyl (C=O) groups is 1. The van der Waals surface area contributed by atoms with E-state index in [1.54, 1.807) is 18.3 Å². The van der Waals surface area contributed by atoms with E-state index in [1.165, 1.54) is 22.2 Å². The first-order valence-electron chi connectivity index (χ1n) is 7.79. The maximum atomic E-state index is 12.2. The van der Waals surface area contributed by atoms with Crippen LogP contribution >= 0.6 is 11.3 Å². The maximum Gasteiger partial charge on any atom is 0.273 e. The van der Waals surface area contributed by atoms with Gasteiger partial charge in [-0.1, -0.05) is 52.9 Å². The smallest absolute Gasteiger partial charge is 0.273 e. The van der Waals surface area contributed by atoms with Crippen molar-refractivity contribution >= 4 is 17.2 Å². The Morgan fingerprint density at radius 3 is 2.69 bits per heavy atom. The minimum Gasteiger partial charge on any atom is -0.344 e. The Hall–Kier alpha value is -3.46. The van der Waals surface area contributed by atoms with Crippen molar-refractivity contribution in [2.45, 2.75) is 6.54 Å². The van der Waals surface area contributed by atoms with Gasteiger partial charge in [-0.05, 0) is 12.1 Å². The molecule has 4 aromatic rings. The van der Waals surface area contributed by atoms with Crippen LogP contribution in [0.5, 0.6) is 0 Å². The van der Waals surface area contributed by atoms with E-state index in [9.17, 15) is 4.79 Å². The second-order valence-electron chi connectivity index (χ2n) is 5.29. The van der Waals surface area contributed by atoms with Crippen LogP contribution in [0.2, 0.25) is 0 Å². The van der Waals surface area contributed by atoms with Gasteiger partial charge in [0.1, 0.15) is 10.0 Å². The van der Waals surface area contributed by atoms with Gasteiger partial charge in [0.2, 0.25) is 0 Å². The van der Waals surface area contributed by atoms with E-state index in [2.05, 4.69) is 30.8 Å². The second kappa shape index (κ2) is 7.19. The molecule has 128 valence electrons. The number of aromatic nitrogens is 6. The van der Waals surface area contributed by atoms with Crippen LogP contribution < -0.4 is 5.32 Å². The zero-order chi connectivity index (χ0) is 17.8. The molecule has 0 bridgehead atoms. The predicted octanol–water partition coefficient (Wildman–Crippen LogP) is 2.11. The van der Waals surface area contributed by atoms with Crippen LogP contribution in [0.3, 0.4) is 0 Å². The highest BCUT2D eigenvalue weighted by Crippen LogP contribution is 2.22. The fraction of sp³-hybridized carbons (Fsp3) is 0.0588.